The smallest absolute Gasteiger partial charge is 0.363 e. The number of carbonyl (C=O) groups is 1. The van der Waals surface area contributed by atoms with Gasteiger partial charge >= 0.3 is 5.97 Å². The van der Waals surface area contributed by atoms with Crippen molar-refractivity contribution in [3.63, 3.8) is 0 Å². The number of rotatable bonds is 6. The van der Waals surface area contributed by atoms with Crippen LogP contribution >= 0.6 is 11.8 Å². The van der Waals surface area contributed by atoms with E-state index in [1.807, 2.05) is 30.5 Å². The van der Waals surface area contributed by atoms with E-state index in [4.69, 9.17) is 18.9 Å². The molecule has 0 bridgehead atoms. The molecule has 0 radical (unpaired) electrons. The van der Waals surface area contributed by atoms with E-state index in [1.165, 1.54) is 21.3 Å². The molecule has 0 saturated carbocycles. The molecule has 0 saturated heterocycles. The molecule has 0 unspecified atom stereocenters. The van der Waals surface area contributed by atoms with Crippen LogP contribution in [0.25, 0.3) is 6.08 Å². The average molecular weight is 385 g/mol. The highest BCUT2D eigenvalue weighted by atomic mass is 32.2. The lowest BCUT2D eigenvalue weighted by atomic mass is 10.1. The predicted octanol–water partition coefficient (Wildman–Crippen LogP) is 3.78. The average Bonchev–Trinajstić information content (AvgIpc) is 3.07. The molecule has 0 atom stereocenters. The van der Waals surface area contributed by atoms with E-state index in [9.17, 15) is 4.79 Å². The van der Waals surface area contributed by atoms with Crippen LogP contribution in [-0.4, -0.2) is 39.5 Å². The Labute approximate surface area is 161 Å². The van der Waals surface area contributed by atoms with Gasteiger partial charge in [-0.05, 0) is 42.2 Å². The summed E-state index contributed by atoms with van der Waals surface area (Å²) in [5.74, 6) is 1.05. The second kappa shape index (κ2) is 8.18. The van der Waals surface area contributed by atoms with Crippen molar-refractivity contribution >= 4 is 29.7 Å². The Kier molecular flexibility index (Phi) is 5.71. The Balaban J connectivity index is 1.97. The number of cyclic esters (lactones) is 1. The summed E-state index contributed by atoms with van der Waals surface area (Å²) >= 11 is 1.65. The van der Waals surface area contributed by atoms with Crippen LogP contribution in [0.2, 0.25) is 0 Å². The Morgan fingerprint density at radius 2 is 1.63 bits per heavy atom. The molecule has 3 rings (SSSR count). The summed E-state index contributed by atoms with van der Waals surface area (Å²) in [6.45, 7) is 0. The molecule has 140 valence electrons. The van der Waals surface area contributed by atoms with E-state index in [2.05, 4.69) is 4.99 Å². The van der Waals surface area contributed by atoms with Crippen LogP contribution in [0.1, 0.15) is 11.1 Å². The largest absolute Gasteiger partial charge is 0.493 e. The highest BCUT2D eigenvalue weighted by Gasteiger charge is 2.26. The van der Waals surface area contributed by atoms with Gasteiger partial charge in [-0.15, -0.1) is 11.8 Å². The van der Waals surface area contributed by atoms with Crippen molar-refractivity contribution in [2.75, 3.05) is 27.6 Å². The van der Waals surface area contributed by atoms with Crippen molar-refractivity contribution in [2.45, 2.75) is 4.90 Å². The zero-order valence-corrected chi connectivity index (χ0v) is 16.3. The lowest BCUT2D eigenvalue weighted by Crippen LogP contribution is -2.06. The highest BCUT2D eigenvalue weighted by Crippen LogP contribution is 2.39. The van der Waals surface area contributed by atoms with E-state index in [1.54, 1.807) is 30.0 Å². The van der Waals surface area contributed by atoms with E-state index in [0.717, 1.165) is 10.5 Å². The lowest BCUT2D eigenvalue weighted by molar-refractivity contribution is -0.129. The third-order valence-corrected chi connectivity index (χ3v) is 4.69. The van der Waals surface area contributed by atoms with Crippen molar-refractivity contribution in [1.82, 2.24) is 0 Å². The topological polar surface area (TPSA) is 66.4 Å². The van der Waals surface area contributed by atoms with Crippen molar-refractivity contribution in [3.8, 4) is 17.2 Å². The van der Waals surface area contributed by atoms with Gasteiger partial charge in [0.15, 0.2) is 17.2 Å². The Morgan fingerprint density at radius 1 is 1.00 bits per heavy atom. The monoisotopic (exact) mass is 385 g/mol. The molecule has 0 fully saturated rings. The molecule has 1 heterocycles. The minimum atomic E-state index is -0.507. The summed E-state index contributed by atoms with van der Waals surface area (Å²) in [7, 11) is 4.57. The van der Waals surface area contributed by atoms with Crippen LogP contribution < -0.4 is 14.2 Å². The molecule has 6 nitrogen and oxygen atoms in total. The van der Waals surface area contributed by atoms with E-state index in [0.29, 0.717) is 22.8 Å². The molecule has 2 aromatic carbocycles. The maximum absolute atomic E-state index is 12.2. The van der Waals surface area contributed by atoms with Gasteiger partial charge in [-0.1, -0.05) is 12.1 Å². The molecule has 0 spiro atoms. The van der Waals surface area contributed by atoms with Gasteiger partial charge in [0.05, 0.1) is 21.3 Å². The number of thioether (sulfide) groups is 1. The van der Waals surface area contributed by atoms with Gasteiger partial charge in [0.1, 0.15) is 0 Å². The van der Waals surface area contributed by atoms with Crippen LogP contribution in [0.5, 0.6) is 17.2 Å². The molecule has 0 N–H and O–H groups in total. The third-order valence-electron chi connectivity index (χ3n) is 3.95. The number of nitrogens with zero attached hydrogens (tertiary/aromatic N) is 1. The lowest BCUT2D eigenvalue weighted by Gasteiger charge is -2.13. The quantitative estimate of drug-likeness (QED) is 0.428. The molecule has 2 aromatic rings. The summed E-state index contributed by atoms with van der Waals surface area (Å²) in [5, 5.41) is 0. The van der Waals surface area contributed by atoms with Gasteiger partial charge in [-0.3, -0.25) is 0 Å². The van der Waals surface area contributed by atoms with Crippen molar-refractivity contribution in [3.05, 3.63) is 53.2 Å². The second-order valence-corrected chi connectivity index (χ2v) is 6.40. The fourth-order valence-electron chi connectivity index (χ4n) is 2.60. The van der Waals surface area contributed by atoms with E-state index >= 15 is 0 Å². The van der Waals surface area contributed by atoms with E-state index < -0.39 is 5.97 Å². The number of hydrogen-bond donors (Lipinski definition) is 0. The van der Waals surface area contributed by atoms with Crippen molar-refractivity contribution in [1.29, 1.82) is 0 Å². The van der Waals surface area contributed by atoms with Crippen LogP contribution in [0, 0.1) is 0 Å². The molecule has 1 aliphatic heterocycles. The fourth-order valence-corrected chi connectivity index (χ4v) is 3.00. The second-order valence-electron chi connectivity index (χ2n) is 5.52. The number of aliphatic imine (C=N–C) groups is 1. The van der Waals surface area contributed by atoms with Crippen LogP contribution in [0.15, 0.2) is 52.0 Å². The summed E-state index contributed by atoms with van der Waals surface area (Å²) in [5.41, 5.74) is 1.66. The molecule has 1 aliphatic rings. The minimum absolute atomic E-state index is 0.186. The van der Waals surface area contributed by atoms with E-state index in [-0.39, 0.29) is 11.6 Å². The molecule has 0 aliphatic carbocycles. The maximum atomic E-state index is 12.2. The normalized spacial score (nSPS) is 14.7. The minimum Gasteiger partial charge on any atom is -0.493 e. The molecular formula is C20H19NO5S. The number of esters is 1. The first-order valence-electron chi connectivity index (χ1n) is 8.06. The first-order valence-corrected chi connectivity index (χ1v) is 9.29. The zero-order valence-electron chi connectivity index (χ0n) is 15.4. The van der Waals surface area contributed by atoms with Crippen LogP contribution in [0.3, 0.4) is 0 Å². The van der Waals surface area contributed by atoms with Crippen LogP contribution in [0.4, 0.5) is 0 Å². The number of hydrogen-bond acceptors (Lipinski definition) is 7. The van der Waals surface area contributed by atoms with Gasteiger partial charge in [-0.2, -0.15) is 0 Å². The van der Waals surface area contributed by atoms with Gasteiger partial charge in [0.2, 0.25) is 11.6 Å². The fraction of sp³-hybridized carbons (Fsp3) is 0.200. The Hall–Kier alpha value is -2.93. The number of methoxy groups -OCH3 is 3. The van der Waals surface area contributed by atoms with Crippen molar-refractivity contribution < 1.29 is 23.7 Å². The first kappa shape index (κ1) is 18.8. The van der Waals surface area contributed by atoms with Crippen molar-refractivity contribution in [2.24, 2.45) is 4.99 Å². The Bertz CT molecular complexity index is 893. The third kappa shape index (κ3) is 3.93. The van der Waals surface area contributed by atoms with Gasteiger partial charge in [0.25, 0.3) is 0 Å². The maximum Gasteiger partial charge on any atom is 0.363 e. The molecule has 0 amide bonds. The molecule has 7 heteroatoms. The number of ether oxygens (including phenoxy) is 4. The summed E-state index contributed by atoms with van der Waals surface area (Å²) < 4.78 is 21.3. The van der Waals surface area contributed by atoms with Gasteiger partial charge in [-0.25, -0.2) is 9.79 Å². The summed E-state index contributed by atoms with van der Waals surface area (Å²) in [4.78, 5) is 17.7. The summed E-state index contributed by atoms with van der Waals surface area (Å²) in [6, 6.07) is 11.2. The molecule has 0 aromatic heterocycles. The SMILES string of the molecule is COc1cc(C2=NC(=Cc3ccc(SC)cc3)C(=O)O2)cc(OC)c1OC. The molecule has 27 heavy (non-hydrogen) atoms. The number of carbonyl (C=O) groups excluding carboxylic acids is 1. The zero-order chi connectivity index (χ0) is 19.4. The van der Waals surface area contributed by atoms with Crippen LogP contribution in [-0.2, 0) is 9.53 Å². The number of benzene rings is 2. The standard InChI is InChI=1S/C20H19NO5S/c1-23-16-10-13(11-17(24-2)18(16)25-3)19-21-15(20(22)26-19)9-12-5-7-14(27-4)8-6-12/h5-11H,1-4H3. The summed E-state index contributed by atoms with van der Waals surface area (Å²) in [6.07, 6.45) is 3.70. The predicted molar refractivity (Wildman–Crippen MR) is 105 cm³/mol. The first-order chi connectivity index (χ1) is 13.1. The van der Waals surface area contributed by atoms with Gasteiger partial charge in [0, 0.05) is 10.5 Å². The van der Waals surface area contributed by atoms with Gasteiger partial charge < -0.3 is 18.9 Å². The highest BCUT2D eigenvalue weighted by molar-refractivity contribution is 7.98. The Morgan fingerprint density at radius 3 is 2.15 bits per heavy atom. The molecular weight excluding hydrogens is 366 g/mol.